The highest BCUT2D eigenvalue weighted by Gasteiger charge is 2.18. The van der Waals surface area contributed by atoms with Crippen LogP contribution in [0.1, 0.15) is 26.3 Å². The lowest BCUT2D eigenvalue weighted by Gasteiger charge is -2.10. The summed E-state index contributed by atoms with van der Waals surface area (Å²) in [5.41, 5.74) is 1.07. The number of hydrogen-bond acceptors (Lipinski definition) is 3. The second-order valence-corrected chi connectivity index (χ2v) is 4.21. The molecule has 0 aliphatic rings. The Morgan fingerprint density at radius 2 is 2.00 bits per heavy atom. The number of amides is 1. The molecule has 1 heterocycles. The maximum Gasteiger partial charge on any atom is 0.337 e. The minimum atomic E-state index is -1.11. The van der Waals surface area contributed by atoms with Crippen molar-refractivity contribution in [2.75, 3.05) is 5.32 Å². The first-order chi connectivity index (χ1) is 9.00. The van der Waals surface area contributed by atoms with Crippen LogP contribution in [0.2, 0.25) is 5.22 Å². The fourth-order valence-electron chi connectivity index (χ4n) is 1.65. The van der Waals surface area contributed by atoms with Crippen LogP contribution in [0, 0.1) is 6.92 Å². The van der Waals surface area contributed by atoms with Crippen LogP contribution >= 0.6 is 11.6 Å². The van der Waals surface area contributed by atoms with Crippen molar-refractivity contribution in [3.63, 3.8) is 0 Å². The average Bonchev–Trinajstić information content (AvgIpc) is 2.77. The largest absolute Gasteiger partial charge is 0.478 e. The summed E-state index contributed by atoms with van der Waals surface area (Å²) in [5, 5.41) is 11.6. The SMILES string of the molecule is Cc1cccc(C(=O)O)c1NC(=O)c1ccoc1Cl. The highest BCUT2D eigenvalue weighted by atomic mass is 35.5. The number of benzene rings is 1. The molecule has 0 aliphatic carbocycles. The van der Waals surface area contributed by atoms with Crippen LogP contribution in [-0.2, 0) is 0 Å². The van der Waals surface area contributed by atoms with Gasteiger partial charge in [-0.2, -0.15) is 0 Å². The lowest BCUT2D eigenvalue weighted by Crippen LogP contribution is -2.15. The molecule has 2 N–H and O–H groups in total. The molecule has 1 aromatic carbocycles. The molecular formula is C13H10ClNO4. The number of carboxylic acids is 1. The number of hydrogen-bond donors (Lipinski definition) is 2. The Hall–Kier alpha value is -2.27. The summed E-state index contributed by atoms with van der Waals surface area (Å²) >= 11 is 5.70. The van der Waals surface area contributed by atoms with Crippen molar-refractivity contribution in [3.05, 3.63) is 52.4 Å². The molecule has 0 radical (unpaired) electrons. The Bertz CT molecular complexity index is 648. The summed E-state index contributed by atoms with van der Waals surface area (Å²) in [7, 11) is 0. The molecule has 1 aromatic heterocycles. The molecule has 5 nitrogen and oxygen atoms in total. The molecular weight excluding hydrogens is 270 g/mol. The van der Waals surface area contributed by atoms with E-state index < -0.39 is 11.9 Å². The Balaban J connectivity index is 2.36. The Labute approximate surface area is 113 Å². The number of carbonyl (C=O) groups is 2. The Morgan fingerprint density at radius 3 is 2.58 bits per heavy atom. The van der Waals surface area contributed by atoms with Crippen LogP contribution in [0.15, 0.2) is 34.9 Å². The van der Waals surface area contributed by atoms with Gasteiger partial charge in [0, 0.05) is 0 Å². The normalized spacial score (nSPS) is 10.2. The molecule has 98 valence electrons. The first-order valence-corrected chi connectivity index (χ1v) is 5.75. The fourth-order valence-corrected chi connectivity index (χ4v) is 1.85. The molecule has 0 spiro atoms. The number of halogens is 1. The monoisotopic (exact) mass is 279 g/mol. The van der Waals surface area contributed by atoms with Gasteiger partial charge in [-0.25, -0.2) is 4.79 Å². The highest BCUT2D eigenvalue weighted by Crippen LogP contribution is 2.23. The molecule has 0 fully saturated rings. The molecule has 0 unspecified atom stereocenters. The summed E-state index contributed by atoms with van der Waals surface area (Å²) in [6.07, 6.45) is 1.28. The quantitative estimate of drug-likeness (QED) is 0.904. The predicted molar refractivity (Wildman–Crippen MR) is 69.8 cm³/mol. The van der Waals surface area contributed by atoms with Gasteiger partial charge in [-0.3, -0.25) is 4.79 Å². The number of anilines is 1. The van der Waals surface area contributed by atoms with E-state index >= 15 is 0 Å². The minimum Gasteiger partial charge on any atom is -0.478 e. The molecule has 2 aromatic rings. The smallest absolute Gasteiger partial charge is 0.337 e. The molecule has 0 saturated heterocycles. The van der Waals surface area contributed by atoms with Gasteiger partial charge < -0.3 is 14.8 Å². The molecule has 6 heteroatoms. The summed E-state index contributed by atoms with van der Waals surface area (Å²) in [6, 6.07) is 6.15. The minimum absolute atomic E-state index is 0.0213. The van der Waals surface area contributed by atoms with E-state index in [2.05, 4.69) is 5.32 Å². The zero-order valence-electron chi connectivity index (χ0n) is 9.94. The third-order valence-electron chi connectivity index (χ3n) is 2.60. The molecule has 19 heavy (non-hydrogen) atoms. The second-order valence-electron chi connectivity index (χ2n) is 3.86. The molecule has 0 saturated carbocycles. The van der Waals surface area contributed by atoms with Crippen LogP contribution in [0.5, 0.6) is 0 Å². The number of carbonyl (C=O) groups excluding carboxylic acids is 1. The van der Waals surface area contributed by atoms with Gasteiger partial charge in [-0.05, 0) is 36.2 Å². The van der Waals surface area contributed by atoms with E-state index in [-0.39, 0.29) is 22.0 Å². The number of aryl methyl sites for hydroxylation is 1. The number of para-hydroxylation sites is 1. The average molecular weight is 280 g/mol. The lowest BCUT2D eigenvalue weighted by molar-refractivity contribution is 0.0698. The van der Waals surface area contributed by atoms with Crippen LogP contribution < -0.4 is 5.32 Å². The van der Waals surface area contributed by atoms with Gasteiger partial charge in [-0.15, -0.1) is 0 Å². The number of nitrogens with one attached hydrogen (secondary N) is 1. The third-order valence-corrected chi connectivity index (χ3v) is 2.90. The first-order valence-electron chi connectivity index (χ1n) is 5.38. The molecule has 0 atom stereocenters. The second kappa shape index (κ2) is 5.16. The van der Waals surface area contributed by atoms with Crippen molar-refractivity contribution in [2.45, 2.75) is 6.92 Å². The maximum atomic E-state index is 12.0. The molecule has 0 aliphatic heterocycles. The van der Waals surface area contributed by atoms with Crippen molar-refractivity contribution in [3.8, 4) is 0 Å². The van der Waals surface area contributed by atoms with Crippen LogP contribution in [0.4, 0.5) is 5.69 Å². The third kappa shape index (κ3) is 2.61. The van der Waals surface area contributed by atoms with E-state index in [0.717, 1.165) is 0 Å². The topological polar surface area (TPSA) is 79.5 Å². The van der Waals surface area contributed by atoms with Gasteiger partial charge in [-0.1, -0.05) is 12.1 Å². The Morgan fingerprint density at radius 1 is 1.26 bits per heavy atom. The van der Waals surface area contributed by atoms with Gasteiger partial charge in [0.05, 0.1) is 23.1 Å². The van der Waals surface area contributed by atoms with Crippen molar-refractivity contribution >= 4 is 29.2 Å². The standard InChI is InChI=1S/C13H10ClNO4/c1-7-3-2-4-8(13(17)18)10(7)15-12(16)9-5-6-19-11(9)14/h2-6H,1H3,(H,15,16)(H,17,18). The predicted octanol–water partition coefficient (Wildman–Crippen LogP) is 3.19. The van der Waals surface area contributed by atoms with E-state index in [9.17, 15) is 9.59 Å². The number of carboxylic acid groups (broad SMARTS) is 1. The van der Waals surface area contributed by atoms with E-state index in [1.807, 2.05) is 0 Å². The Kier molecular flexibility index (Phi) is 3.57. The zero-order valence-corrected chi connectivity index (χ0v) is 10.7. The number of furan rings is 1. The van der Waals surface area contributed by atoms with Crippen LogP contribution in [0.3, 0.4) is 0 Å². The summed E-state index contributed by atoms with van der Waals surface area (Å²) in [5.74, 6) is -1.63. The molecule has 1 amide bonds. The van der Waals surface area contributed by atoms with E-state index in [0.29, 0.717) is 5.56 Å². The number of aromatic carboxylic acids is 1. The van der Waals surface area contributed by atoms with E-state index in [1.54, 1.807) is 19.1 Å². The number of rotatable bonds is 3. The van der Waals surface area contributed by atoms with Crippen molar-refractivity contribution in [1.82, 2.24) is 0 Å². The van der Waals surface area contributed by atoms with Crippen molar-refractivity contribution < 1.29 is 19.1 Å². The van der Waals surface area contributed by atoms with E-state index in [4.69, 9.17) is 21.1 Å². The fraction of sp³-hybridized carbons (Fsp3) is 0.0769. The van der Waals surface area contributed by atoms with Gasteiger partial charge in [0.1, 0.15) is 0 Å². The summed E-state index contributed by atoms with van der Waals surface area (Å²) < 4.78 is 4.82. The summed E-state index contributed by atoms with van der Waals surface area (Å²) in [4.78, 5) is 23.1. The highest BCUT2D eigenvalue weighted by molar-refractivity contribution is 6.32. The van der Waals surface area contributed by atoms with E-state index in [1.165, 1.54) is 18.4 Å². The van der Waals surface area contributed by atoms with Gasteiger partial charge >= 0.3 is 5.97 Å². The van der Waals surface area contributed by atoms with Crippen LogP contribution in [-0.4, -0.2) is 17.0 Å². The first kappa shape index (κ1) is 13.2. The van der Waals surface area contributed by atoms with Gasteiger partial charge in [0.15, 0.2) is 0 Å². The van der Waals surface area contributed by atoms with Crippen LogP contribution in [0.25, 0.3) is 0 Å². The molecule has 2 rings (SSSR count). The van der Waals surface area contributed by atoms with Crippen molar-refractivity contribution in [1.29, 1.82) is 0 Å². The maximum absolute atomic E-state index is 12.0. The summed E-state index contributed by atoms with van der Waals surface area (Å²) in [6.45, 7) is 1.71. The lowest BCUT2D eigenvalue weighted by atomic mass is 10.1. The zero-order chi connectivity index (χ0) is 14.0. The van der Waals surface area contributed by atoms with Crippen molar-refractivity contribution in [2.24, 2.45) is 0 Å². The van der Waals surface area contributed by atoms with Gasteiger partial charge in [0.25, 0.3) is 5.91 Å². The molecule has 0 bridgehead atoms. The van der Waals surface area contributed by atoms with Gasteiger partial charge in [0.2, 0.25) is 5.22 Å².